The van der Waals surface area contributed by atoms with Crippen LogP contribution in [0.25, 0.3) is 0 Å². The standard InChI is InChI=1S/C18H20N4O2/c1-4-16-21-22-18(24-16)13(3)20-14-6-8-15(9-7-14)23-17-10-5-12(2)11-19-17/h5-11,13,20H,4H2,1-3H3. The van der Waals surface area contributed by atoms with Crippen LogP contribution in [-0.4, -0.2) is 15.2 Å². The minimum absolute atomic E-state index is 0.0664. The first-order valence-electron chi connectivity index (χ1n) is 7.93. The fraction of sp³-hybridized carbons (Fsp3) is 0.278. The predicted octanol–water partition coefficient (Wildman–Crippen LogP) is 4.30. The average molecular weight is 324 g/mol. The fourth-order valence-corrected chi connectivity index (χ4v) is 2.15. The van der Waals surface area contributed by atoms with Crippen LogP contribution < -0.4 is 10.1 Å². The fourth-order valence-electron chi connectivity index (χ4n) is 2.15. The number of nitrogens with one attached hydrogen (secondary N) is 1. The maximum absolute atomic E-state index is 5.72. The molecule has 3 rings (SSSR count). The van der Waals surface area contributed by atoms with Crippen LogP contribution in [0.15, 0.2) is 47.0 Å². The molecule has 124 valence electrons. The Morgan fingerprint density at radius 3 is 2.54 bits per heavy atom. The first-order valence-corrected chi connectivity index (χ1v) is 7.93. The molecule has 24 heavy (non-hydrogen) atoms. The van der Waals surface area contributed by atoms with Crippen molar-refractivity contribution in [1.82, 2.24) is 15.2 Å². The summed E-state index contributed by atoms with van der Waals surface area (Å²) >= 11 is 0. The minimum atomic E-state index is -0.0664. The first kappa shape index (κ1) is 16.0. The second-order valence-electron chi connectivity index (χ2n) is 5.55. The maximum Gasteiger partial charge on any atom is 0.238 e. The lowest BCUT2D eigenvalue weighted by molar-refractivity contribution is 0.439. The van der Waals surface area contributed by atoms with Gasteiger partial charge in [0.05, 0.1) is 0 Å². The molecule has 1 atom stereocenters. The Labute approximate surface area is 140 Å². The molecule has 2 heterocycles. The zero-order valence-electron chi connectivity index (χ0n) is 14.0. The van der Waals surface area contributed by atoms with Gasteiger partial charge >= 0.3 is 0 Å². The topological polar surface area (TPSA) is 73.1 Å². The Bertz CT molecular complexity index is 782. The number of pyridine rings is 1. The van der Waals surface area contributed by atoms with Gasteiger partial charge in [-0.1, -0.05) is 13.0 Å². The number of benzene rings is 1. The highest BCUT2D eigenvalue weighted by molar-refractivity contribution is 5.47. The lowest BCUT2D eigenvalue weighted by Crippen LogP contribution is -2.06. The molecule has 0 spiro atoms. The van der Waals surface area contributed by atoms with E-state index in [4.69, 9.17) is 9.15 Å². The molecule has 0 amide bonds. The van der Waals surface area contributed by atoms with Gasteiger partial charge in [-0.3, -0.25) is 0 Å². The third-order valence-electron chi connectivity index (χ3n) is 3.50. The summed E-state index contributed by atoms with van der Waals surface area (Å²) < 4.78 is 11.3. The van der Waals surface area contributed by atoms with Crippen molar-refractivity contribution in [3.8, 4) is 11.6 Å². The van der Waals surface area contributed by atoms with Crippen LogP contribution in [0.5, 0.6) is 11.6 Å². The summed E-state index contributed by atoms with van der Waals surface area (Å²) in [7, 11) is 0. The van der Waals surface area contributed by atoms with Gasteiger partial charge in [-0.25, -0.2) is 4.98 Å². The Balaban J connectivity index is 1.62. The number of rotatable bonds is 6. The molecule has 0 aliphatic rings. The molecule has 2 aromatic heterocycles. The Morgan fingerprint density at radius 2 is 1.92 bits per heavy atom. The van der Waals surface area contributed by atoms with Gasteiger partial charge in [0.15, 0.2) is 0 Å². The van der Waals surface area contributed by atoms with E-state index >= 15 is 0 Å². The van der Waals surface area contributed by atoms with E-state index in [-0.39, 0.29) is 6.04 Å². The lowest BCUT2D eigenvalue weighted by Gasteiger charge is -2.12. The zero-order valence-corrected chi connectivity index (χ0v) is 14.0. The van der Waals surface area contributed by atoms with Crippen LogP contribution >= 0.6 is 0 Å². The van der Waals surface area contributed by atoms with Crippen LogP contribution in [0.3, 0.4) is 0 Å². The van der Waals surface area contributed by atoms with Crippen molar-refractivity contribution in [3.05, 3.63) is 59.9 Å². The maximum atomic E-state index is 5.72. The van der Waals surface area contributed by atoms with Crippen molar-refractivity contribution in [2.75, 3.05) is 5.32 Å². The van der Waals surface area contributed by atoms with E-state index in [1.54, 1.807) is 6.20 Å². The number of aryl methyl sites for hydroxylation is 2. The minimum Gasteiger partial charge on any atom is -0.439 e. The zero-order chi connectivity index (χ0) is 16.9. The number of nitrogens with zero attached hydrogens (tertiary/aromatic N) is 3. The van der Waals surface area contributed by atoms with E-state index < -0.39 is 0 Å². The summed E-state index contributed by atoms with van der Waals surface area (Å²) in [5, 5.41) is 11.4. The number of hydrogen-bond donors (Lipinski definition) is 1. The number of ether oxygens (including phenoxy) is 1. The predicted molar refractivity (Wildman–Crippen MR) is 91.2 cm³/mol. The molecular weight excluding hydrogens is 304 g/mol. The van der Waals surface area contributed by atoms with Gasteiger partial charge in [0.2, 0.25) is 17.7 Å². The van der Waals surface area contributed by atoms with E-state index in [0.717, 1.165) is 23.4 Å². The Hall–Kier alpha value is -2.89. The Kier molecular flexibility index (Phi) is 4.74. The molecule has 1 aromatic carbocycles. The van der Waals surface area contributed by atoms with Crippen molar-refractivity contribution in [3.63, 3.8) is 0 Å². The smallest absolute Gasteiger partial charge is 0.238 e. The quantitative estimate of drug-likeness (QED) is 0.728. The summed E-state index contributed by atoms with van der Waals surface area (Å²) in [6.07, 6.45) is 2.51. The van der Waals surface area contributed by atoms with Gasteiger partial charge in [-0.15, -0.1) is 10.2 Å². The second-order valence-corrected chi connectivity index (χ2v) is 5.55. The monoisotopic (exact) mass is 324 g/mol. The number of hydrogen-bond acceptors (Lipinski definition) is 6. The lowest BCUT2D eigenvalue weighted by atomic mass is 10.2. The van der Waals surface area contributed by atoms with E-state index in [0.29, 0.717) is 17.7 Å². The third-order valence-corrected chi connectivity index (χ3v) is 3.50. The molecule has 0 aliphatic carbocycles. The summed E-state index contributed by atoms with van der Waals surface area (Å²) in [4.78, 5) is 4.23. The second kappa shape index (κ2) is 7.12. The highest BCUT2D eigenvalue weighted by atomic mass is 16.5. The molecule has 0 saturated carbocycles. The molecule has 3 aromatic rings. The highest BCUT2D eigenvalue weighted by Crippen LogP contribution is 2.24. The van der Waals surface area contributed by atoms with E-state index in [2.05, 4.69) is 20.5 Å². The summed E-state index contributed by atoms with van der Waals surface area (Å²) in [5.41, 5.74) is 2.05. The van der Waals surface area contributed by atoms with Gasteiger partial charge in [0.1, 0.15) is 11.8 Å². The number of aromatic nitrogens is 3. The van der Waals surface area contributed by atoms with Crippen molar-refractivity contribution in [1.29, 1.82) is 0 Å². The van der Waals surface area contributed by atoms with Gasteiger partial charge in [0, 0.05) is 24.4 Å². The molecule has 1 unspecified atom stereocenters. The first-order chi connectivity index (χ1) is 11.6. The summed E-state index contributed by atoms with van der Waals surface area (Å²) in [6.45, 7) is 5.95. The van der Waals surface area contributed by atoms with Crippen LogP contribution in [0, 0.1) is 6.92 Å². The largest absolute Gasteiger partial charge is 0.439 e. The molecule has 0 bridgehead atoms. The summed E-state index contributed by atoms with van der Waals surface area (Å²) in [5.74, 6) is 2.53. The van der Waals surface area contributed by atoms with Crippen LogP contribution in [0.2, 0.25) is 0 Å². The van der Waals surface area contributed by atoms with Crippen molar-refractivity contribution >= 4 is 5.69 Å². The molecule has 0 radical (unpaired) electrons. The van der Waals surface area contributed by atoms with Crippen LogP contribution in [0.4, 0.5) is 5.69 Å². The van der Waals surface area contributed by atoms with Crippen molar-refractivity contribution < 1.29 is 9.15 Å². The molecule has 0 saturated heterocycles. The third kappa shape index (κ3) is 3.90. The van der Waals surface area contributed by atoms with Gasteiger partial charge in [-0.05, 0) is 43.7 Å². The van der Waals surface area contributed by atoms with Gasteiger partial charge in [-0.2, -0.15) is 0 Å². The van der Waals surface area contributed by atoms with Gasteiger partial charge in [0.25, 0.3) is 0 Å². The highest BCUT2D eigenvalue weighted by Gasteiger charge is 2.13. The average Bonchev–Trinajstić information content (AvgIpc) is 3.08. The van der Waals surface area contributed by atoms with Crippen LogP contribution in [0.1, 0.15) is 37.2 Å². The van der Waals surface area contributed by atoms with E-state index in [1.807, 2.05) is 57.2 Å². The molecule has 0 fully saturated rings. The van der Waals surface area contributed by atoms with E-state index in [9.17, 15) is 0 Å². The van der Waals surface area contributed by atoms with Gasteiger partial charge < -0.3 is 14.5 Å². The molecule has 0 aliphatic heterocycles. The number of anilines is 1. The molecular formula is C18H20N4O2. The van der Waals surface area contributed by atoms with Crippen LogP contribution in [-0.2, 0) is 6.42 Å². The SMILES string of the molecule is CCc1nnc(C(C)Nc2ccc(Oc3ccc(C)cn3)cc2)o1. The van der Waals surface area contributed by atoms with E-state index in [1.165, 1.54) is 0 Å². The molecule has 6 nitrogen and oxygen atoms in total. The molecule has 6 heteroatoms. The molecule has 1 N–H and O–H groups in total. The Morgan fingerprint density at radius 1 is 1.12 bits per heavy atom. The summed E-state index contributed by atoms with van der Waals surface area (Å²) in [6, 6.07) is 11.4. The normalized spacial score (nSPS) is 12.0. The van der Waals surface area contributed by atoms with Crippen molar-refractivity contribution in [2.24, 2.45) is 0 Å². The van der Waals surface area contributed by atoms with Crippen molar-refractivity contribution in [2.45, 2.75) is 33.2 Å².